The Bertz CT molecular complexity index is 814. The first kappa shape index (κ1) is 43.2. The van der Waals surface area contributed by atoms with E-state index in [9.17, 15) is 19.2 Å². The van der Waals surface area contributed by atoms with Crippen LogP contribution in [0.1, 0.15) is 104 Å². The molecule has 0 saturated heterocycles. The molecule has 0 heterocycles. The standard InChI is InChI=1S/C34H64N6O6/c1-3-5-7-9-13-27-45-31(41)19-25-39(33(43)29(37)17-15-21-35)23-11-12-24-40(34(44)30(38)18-16-22-36)26-20-32(42)46-28-14-10-8-6-4-2/h5-8,29-30H,3-4,9-28,35-38H2,1-2H3/t29-,30-/m0/s1. The number of hydrogen-bond donors (Lipinski definition) is 4. The number of amides is 2. The van der Waals surface area contributed by atoms with Gasteiger partial charge in [0.2, 0.25) is 11.8 Å². The van der Waals surface area contributed by atoms with Gasteiger partial charge in [0.25, 0.3) is 0 Å². The highest BCUT2D eigenvalue weighted by Gasteiger charge is 2.24. The number of carbonyl (C=O) groups excluding carboxylic acids is 4. The van der Waals surface area contributed by atoms with Crippen molar-refractivity contribution in [1.29, 1.82) is 0 Å². The molecule has 46 heavy (non-hydrogen) atoms. The molecule has 266 valence electrons. The van der Waals surface area contributed by atoms with Gasteiger partial charge in [-0.05, 0) is 90.1 Å². The van der Waals surface area contributed by atoms with E-state index in [1.165, 1.54) is 0 Å². The van der Waals surface area contributed by atoms with Gasteiger partial charge in [0.1, 0.15) is 0 Å². The first-order chi connectivity index (χ1) is 22.2. The summed E-state index contributed by atoms with van der Waals surface area (Å²) in [5, 5.41) is 0. The lowest BCUT2D eigenvalue weighted by Crippen LogP contribution is -2.46. The Morgan fingerprint density at radius 2 is 0.978 bits per heavy atom. The van der Waals surface area contributed by atoms with Crippen LogP contribution in [-0.4, -0.2) is 98.1 Å². The van der Waals surface area contributed by atoms with Gasteiger partial charge in [-0.15, -0.1) is 0 Å². The number of ether oxygens (including phenoxy) is 2. The average molecular weight is 653 g/mol. The smallest absolute Gasteiger partial charge is 0.307 e. The van der Waals surface area contributed by atoms with Crippen molar-refractivity contribution in [1.82, 2.24) is 9.80 Å². The fourth-order valence-electron chi connectivity index (χ4n) is 4.60. The topological polar surface area (TPSA) is 197 Å². The fraction of sp³-hybridized carbons (Fsp3) is 0.765. The van der Waals surface area contributed by atoms with Crippen LogP contribution < -0.4 is 22.9 Å². The van der Waals surface area contributed by atoms with Crippen LogP contribution in [0.5, 0.6) is 0 Å². The predicted molar refractivity (Wildman–Crippen MR) is 183 cm³/mol. The Morgan fingerprint density at radius 3 is 1.33 bits per heavy atom. The van der Waals surface area contributed by atoms with Crippen molar-refractivity contribution < 1.29 is 28.7 Å². The molecule has 0 aliphatic rings. The molecule has 2 atom stereocenters. The van der Waals surface area contributed by atoms with Crippen LogP contribution in [0.4, 0.5) is 0 Å². The molecule has 0 unspecified atom stereocenters. The second-order valence-electron chi connectivity index (χ2n) is 11.4. The molecular weight excluding hydrogens is 588 g/mol. The van der Waals surface area contributed by atoms with E-state index in [1.807, 2.05) is 0 Å². The van der Waals surface area contributed by atoms with Crippen LogP contribution in [0.3, 0.4) is 0 Å². The first-order valence-electron chi connectivity index (χ1n) is 17.3. The Morgan fingerprint density at radius 1 is 0.587 bits per heavy atom. The molecule has 0 aliphatic heterocycles. The molecule has 0 saturated carbocycles. The van der Waals surface area contributed by atoms with E-state index in [0.29, 0.717) is 77.9 Å². The molecule has 8 N–H and O–H groups in total. The quantitative estimate of drug-likeness (QED) is 0.0529. The number of unbranched alkanes of at least 4 members (excludes halogenated alkanes) is 3. The number of rotatable bonds is 29. The third kappa shape index (κ3) is 22.7. The SMILES string of the molecule is CCC=CCCCOC(=O)CCN(CCCCN(CCC(=O)OCCCC=CCC)C(=O)[C@@H](N)CCCN)C(=O)[C@@H](N)CCCN. The number of nitrogens with zero attached hydrogens (tertiary/aromatic N) is 2. The monoisotopic (exact) mass is 652 g/mol. The zero-order valence-corrected chi connectivity index (χ0v) is 28.7. The molecule has 0 radical (unpaired) electrons. The minimum atomic E-state index is -0.711. The summed E-state index contributed by atoms with van der Waals surface area (Å²) in [6, 6.07) is -1.42. The molecule has 0 fully saturated rings. The third-order valence-corrected chi connectivity index (χ3v) is 7.34. The van der Waals surface area contributed by atoms with E-state index in [0.717, 1.165) is 38.5 Å². The van der Waals surface area contributed by atoms with Crippen molar-refractivity contribution in [3.05, 3.63) is 24.3 Å². The van der Waals surface area contributed by atoms with Crippen molar-refractivity contribution in [2.45, 2.75) is 116 Å². The molecule has 0 spiro atoms. The minimum absolute atomic E-state index is 0.0672. The Balaban J connectivity index is 5.11. The van der Waals surface area contributed by atoms with Crippen LogP contribution in [0.2, 0.25) is 0 Å². The highest BCUT2D eigenvalue weighted by molar-refractivity contribution is 5.83. The van der Waals surface area contributed by atoms with E-state index >= 15 is 0 Å². The summed E-state index contributed by atoms with van der Waals surface area (Å²) < 4.78 is 10.7. The molecule has 12 nitrogen and oxygen atoms in total. The largest absolute Gasteiger partial charge is 0.466 e. The predicted octanol–water partition coefficient (Wildman–Crippen LogP) is 2.92. The van der Waals surface area contributed by atoms with Crippen LogP contribution in [0.25, 0.3) is 0 Å². The average Bonchev–Trinajstić information content (AvgIpc) is 3.05. The number of allylic oxidation sites excluding steroid dienone is 4. The van der Waals surface area contributed by atoms with Crippen molar-refractivity contribution in [3.63, 3.8) is 0 Å². The van der Waals surface area contributed by atoms with Crippen molar-refractivity contribution in [2.75, 3.05) is 52.5 Å². The lowest BCUT2D eigenvalue weighted by Gasteiger charge is -2.28. The van der Waals surface area contributed by atoms with Crippen LogP contribution in [0, 0.1) is 0 Å². The maximum absolute atomic E-state index is 13.1. The van der Waals surface area contributed by atoms with Crippen LogP contribution in [0.15, 0.2) is 24.3 Å². The molecule has 12 heteroatoms. The summed E-state index contributed by atoms with van der Waals surface area (Å²) in [6.07, 6.45) is 16.8. The summed E-state index contributed by atoms with van der Waals surface area (Å²) in [4.78, 5) is 54.2. The summed E-state index contributed by atoms with van der Waals surface area (Å²) in [5.41, 5.74) is 23.5. The van der Waals surface area contributed by atoms with Gasteiger partial charge < -0.3 is 42.2 Å². The van der Waals surface area contributed by atoms with Gasteiger partial charge in [-0.2, -0.15) is 0 Å². The zero-order valence-electron chi connectivity index (χ0n) is 28.7. The normalized spacial score (nSPS) is 12.7. The first-order valence-corrected chi connectivity index (χ1v) is 17.3. The molecule has 0 aromatic heterocycles. The van der Waals surface area contributed by atoms with Gasteiger partial charge in [0.15, 0.2) is 0 Å². The number of hydrogen-bond acceptors (Lipinski definition) is 10. The molecule has 2 amide bonds. The van der Waals surface area contributed by atoms with Gasteiger partial charge in [-0.1, -0.05) is 38.2 Å². The van der Waals surface area contributed by atoms with Crippen molar-refractivity contribution >= 4 is 23.8 Å². The lowest BCUT2D eigenvalue weighted by molar-refractivity contribution is -0.146. The van der Waals surface area contributed by atoms with E-state index in [2.05, 4.69) is 38.2 Å². The molecule has 0 aliphatic carbocycles. The molecular formula is C34H64N6O6. The number of carbonyl (C=O) groups is 4. The van der Waals surface area contributed by atoms with Crippen molar-refractivity contribution in [2.24, 2.45) is 22.9 Å². The second kappa shape index (κ2) is 29.6. The van der Waals surface area contributed by atoms with E-state index < -0.39 is 12.1 Å². The molecule has 0 bridgehead atoms. The van der Waals surface area contributed by atoms with E-state index in [1.54, 1.807) is 9.80 Å². The lowest BCUT2D eigenvalue weighted by atomic mass is 10.1. The van der Waals surface area contributed by atoms with E-state index in [-0.39, 0.29) is 49.7 Å². The Labute approximate surface area is 277 Å². The zero-order chi connectivity index (χ0) is 34.4. The highest BCUT2D eigenvalue weighted by Crippen LogP contribution is 2.09. The van der Waals surface area contributed by atoms with Crippen LogP contribution >= 0.6 is 0 Å². The highest BCUT2D eigenvalue weighted by atomic mass is 16.5. The van der Waals surface area contributed by atoms with Crippen LogP contribution in [-0.2, 0) is 28.7 Å². The number of esters is 2. The van der Waals surface area contributed by atoms with Gasteiger partial charge in [-0.25, -0.2) is 0 Å². The van der Waals surface area contributed by atoms with Gasteiger partial charge in [0.05, 0.1) is 38.1 Å². The molecule has 0 aromatic carbocycles. The van der Waals surface area contributed by atoms with Gasteiger partial charge >= 0.3 is 11.9 Å². The summed E-state index contributed by atoms with van der Waals surface area (Å²) >= 11 is 0. The summed E-state index contributed by atoms with van der Waals surface area (Å²) in [6.45, 7) is 6.76. The van der Waals surface area contributed by atoms with Gasteiger partial charge in [-0.3, -0.25) is 19.2 Å². The molecule has 0 rings (SSSR count). The second-order valence-corrected chi connectivity index (χ2v) is 11.4. The van der Waals surface area contributed by atoms with Gasteiger partial charge in [0, 0.05) is 26.2 Å². The third-order valence-electron chi connectivity index (χ3n) is 7.34. The minimum Gasteiger partial charge on any atom is -0.466 e. The maximum Gasteiger partial charge on any atom is 0.307 e. The Kier molecular flexibility index (Phi) is 27.8. The Hall–Kier alpha value is -2.80. The summed E-state index contributed by atoms with van der Waals surface area (Å²) in [7, 11) is 0. The molecule has 0 aromatic rings. The van der Waals surface area contributed by atoms with Crippen molar-refractivity contribution in [3.8, 4) is 0 Å². The summed E-state index contributed by atoms with van der Waals surface area (Å²) in [5.74, 6) is -1.20. The fourth-order valence-corrected chi connectivity index (χ4v) is 4.60. The maximum atomic E-state index is 13.1. The van der Waals surface area contributed by atoms with E-state index in [4.69, 9.17) is 32.4 Å². The number of nitrogens with two attached hydrogens (primary N) is 4.